The molecule has 0 unspecified atom stereocenters. The number of aromatic nitrogens is 3. The van der Waals surface area contributed by atoms with Crippen molar-refractivity contribution in [3.05, 3.63) is 40.8 Å². The minimum Gasteiger partial charge on any atom is -0.354 e. The number of aryl methyl sites for hydroxylation is 3. The van der Waals surface area contributed by atoms with Crippen LogP contribution in [-0.4, -0.2) is 51.8 Å². The van der Waals surface area contributed by atoms with E-state index in [0.29, 0.717) is 30.8 Å². The van der Waals surface area contributed by atoms with Gasteiger partial charge in [0, 0.05) is 45.1 Å². The monoisotopic (exact) mass is 364 g/mol. The van der Waals surface area contributed by atoms with Crippen LogP contribution in [0.4, 0.5) is 5.82 Å². The standard InChI is InChI=1S/C20H24N6O/c1-24-14-17(13-22-24)20(27)26-8-4-7-25(9-10-26)19-16(12-21)11-15-5-2-3-6-18(15)23-19/h11,13-14H,2-10H2,1H3. The molecule has 1 aliphatic heterocycles. The van der Waals surface area contributed by atoms with Crippen molar-refractivity contribution in [3.8, 4) is 6.07 Å². The van der Waals surface area contributed by atoms with Crippen LogP contribution in [0.3, 0.4) is 0 Å². The van der Waals surface area contributed by atoms with Crippen LogP contribution in [0.2, 0.25) is 0 Å². The normalized spacial score (nSPS) is 17.2. The molecule has 7 heteroatoms. The molecule has 27 heavy (non-hydrogen) atoms. The molecule has 0 saturated carbocycles. The summed E-state index contributed by atoms with van der Waals surface area (Å²) in [5.41, 5.74) is 3.64. The van der Waals surface area contributed by atoms with E-state index in [1.807, 2.05) is 18.0 Å². The highest BCUT2D eigenvalue weighted by Gasteiger charge is 2.24. The molecule has 0 radical (unpaired) electrons. The van der Waals surface area contributed by atoms with Crippen molar-refractivity contribution in [2.24, 2.45) is 7.05 Å². The number of fused-ring (bicyclic) bond motifs is 1. The molecule has 4 rings (SSSR count). The van der Waals surface area contributed by atoms with E-state index in [0.717, 1.165) is 37.3 Å². The molecular weight excluding hydrogens is 340 g/mol. The van der Waals surface area contributed by atoms with E-state index in [1.54, 1.807) is 17.1 Å². The van der Waals surface area contributed by atoms with Gasteiger partial charge in [-0.25, -0.2) is 4.98 Å². The van der Waals surface area contributed by atoms with Gasteiger partial charge in [-0.3, -0.25) is 9.48 Å². The zero-order valence-corrected chi connectivity index (χ0v) is 15.7. The van der Waals surface area contributed by atoms with Crippen LogP contribution >= 0.6 is 0 Å². The van der Waals surface area contributed by atoms with E-state index in [1.165, 1.54) is 18.4 Å². The lowest BCUT2D eigenvalue weighted by Crippen LogP contribution is -2.35. The van der Waals surface area contributed by atoms with Gasteiger partial charge in [0.2, 0.25) is 0 Å². The van der Waals surface area contributed by atoms with Gasteiger partial charge in [-0.15, -0.1) is 0 Å². The highest BCUT2D eigenvalue weighted by molar-refractivity contribution is 5.93. The molecule has 1 fully saturated rings. The van der Waals surface area contributed by atoms with Crippen LogP contribution in [-0.2, 0) is 19.9 Å². The van der Waals surface area contributed by atoms with Gasteiger partial charge in [-0.1, -0.05) is 0 Å². The average molecular weight is 364 g/mol. The van der Waals surface area contributed by atoms with Gasteiger partial charge in [-0.05, 0) is 43.7 Å². The van der Waals surface area contributed by atoms with E-state index in [4.69, 9.17) is 4.98 Å². The summed E-state index contributed by atoms with van der Waals surface area (Å²) in [6.07, 6.45) is 8.58. The molecule has 0 spiro atoms. The highest BCUT2D eigenvalue weighted by Crippen LogP contribution is 2.27. The second-order valence-corrected chi connectivity index (χ2v) is 7.32. The smallest absolute Gasteiger partial charge is 0.257 e. The molecule has 2 aromatic heterocycles. The predicted octanol–water partition coefficient (Wildman–Crippen LogP) is 1.92. The first kappa shape index (κ1) is 17.5. The fraction of sp³-hybridized carbons (Fsp3) is 0.500. The number of rotatable bonds is 2. The van der Waals surface area contributed by atoms with Crippen molar-refractivity contribution >= 4 is 11.7 Å². The van der Waals surface area contributed by atoms with Crippen LogP contribution in [0.25, 0.3) is 0 Å². The highest BCUT2D eigenvalue weighted by atomic mass is 16.2. The number of carbonyl (C=O) groups is 1. The first-order chi connectivity index (χ1) is 13.2. The summed E-state index contributed by atoms with van der Waals surface area (Å²) in [5, 5.41) is 13.7. The van der Waals surface area contributed by atoms with E-state index < -0.39 is 0 Å². The number of nitriles is 1. The van der Waals surface area contributed by atoms with Crippen LogP contribution in [0.5, 0.6) is 0 Å². The zero-order chi connectivity index (χ0) is 18.8. The average Bonchev–Trinajstić information content (AvgIpc) is 2.98. The van der Waals surface area contributed by atoms with Gasteiger partial charge in [0.15, 0.2) is 0 Å². The maximum absolute atomic E-state index is 12.7. The van der Waals surface area contributed by atoms with Crippen molar-refractivity contribution in [2.75, 3.05) is 31.1 Å². The summed E-state index contributed by atoms with van der Waals surface area (Å²) in [6, 6.07) is 4.36. The number of anilines is 1. The Morgan fingerprint density at radius 2 is 2.00 bits per heavy atom. The Hall–Kier alpha value is -2.88. The summed E-state index contributed by atoms with van der Waals surface area (Å²) in [6.45, 7) is 2.82. The van der Waals surface area contributed by atoms with Gasteiger partial charge >= 0.3 is 0 Å². The van der Waals surface area contributed by atoms with Crippen LogP contribution in [0.1, 0.15) is 46.4 Å². The second-order valence-electron chi connectivity index (χ2n) is 7.32. The predicted molar refractivity (Wildman–Crippen MR) is 102 cm³/mol. The molecule has 1 amide bonds. The molecule has 0 aromatic carbocycles. The molecule has 3 heterocycles. The minimum atomic E-state index is 0.0175. The quantitative estimate of drug-likeness (QED) is 0.813. The van der Waals surface area contributed by atoms with Crippen molar-refractivity contribution in [1.29, 1.82) is 5.26 Å². The number of hydrogen-bond donors (Lipinski definition) is 0. The maximum Gasteiger partial charge on any atom is 0.257 e. The SMILES string of the molecule is Cn1cc(C(=O)N2CCCN(c3nc4c(cc3C#N)CCCC4)CC2)cn1. The minimum absolute atomic E-state index is 0.0175. The third kappa shape index (κ3) is 3.52. The molecule has 0 N–H and O–H groups in total. The number of carbonyl (C=O) groups excluding carboxylic acids is 1. The lowest BCUT2D eigenvalue weighted by molar-refractivity contribution is 0.0767. The van der Waals surface area contributed by atoms with Crippen LogP contribution in [0, 0.1) is 11.3 Å². The van der Waals surface area contributed by atoms with Gasteiger partial charge in [0.25, 0.3) is 5.91 Å². The first-order valence-corrected chi connectivity index (χ1v) is 9.61. The Labute approximate surface area is 159 Å². The third-order valence-corrected chi connectivity index (χ3v) is 5.44. The summed E-state index contributed by atoms with van der Waals surface area (Å²) >= 11 is 0. The molecule has 7 nitrogen and oxygen atoms in total. The fourth-order valence-corrected chi connectivity index (χ4v) is 3.99. The first-order valence-electron chi connectivity index (χ1n) is 9.61. The third-order valence-electron chi connectivity index (χ3n) is 5.44. The van der Waals surface area contributed by atoms with Crippen LogP contribution < -0.4 is 4.90 Å². The molecule has 2 aromatic rings. The Kier molecular flexibility index (Phi) is 4.80. The number of amides is 1. The summed E-state index contributed by atoms with van der Waals surface area (Å²) in [7, 11) is 1.81. The van der Waals surface area contributed by atoms with Crippen LogP contribution in [0.15, 0.2) is 18.5 Å². The summed E-state index contributed by atoms with van der Waals surface area (Å²) in [5.74, 6) is 0.803. The van der Waals surface area contributed by atoms with E-state index in [9.17, 15) is 10.1 Å². The van der Waals surface area contributed by atoms with Gasteiger partial charge in [-0.2, -0.15) is 10.4 Å². The molecule has 0 atom stereocenters. The van der Waals surface area contributed by atoms with Crippen molar-refractivity contribution in [1.82, 2.24) is 19.7 Å². The molecule has 0 bridgehead atoms. The second kappa shape index (κ2) is 7.39. The molecule has 140 valence electrons. The zero-order valence-electron chi connectivity index (χ0n) is 15.7. The molecule has 1 aliphatic carbocycles. The summed E-state index contributed by atoms with van der Waals surface area (Å²) in [4.78, 5) is 21.6. The Balaban J connectivity index is 1.53. The number of nitrogens with zero attached hydrogens (tertiary/aromatic N) is 6. The Morgan fingerprint density at radius 3 is 2.78 bits per heavy atom. The van der Waals surface area contributed by atoms with Crippen molar-refractivity contribution in [3.63, 3.8) is 0 Å². The van der Waals surface area contributed by atoms with Gasteiger partial charge < -0.3 is 9.80 Å². The van der Waals surface area contributed by atoms with E-state index in [2.05, 4.69) is 16.1 Å². The lowest BCUT2D eigenvalue weighted by Gasteiger charge is -2.25. The van der Waals surface area contributed by atoms with E-state index in [-0.39, 0.29) is 5.91 Å². The summed E-state index contributed by atoms with van der Waals surface area (Å²) < 4.78 is 1.65. The van der Waals surface area contributed by atoms with E-state index >= 15 is 0 Å². The Morgan fingerprint density at radius 1 is 1.15 bits per heavy atom. The largest absolute Gasteiger partial charge is 0.354 e. The number of hydrogen-bond acceptors (Lipinski definition) is 5. The maximum atomic E-state index is 12.7. The van der Waals surface area contributed by atoms with Crippen molar-refractivity contribution < 1.29 is 4.79 Å². The lowest BCUT2D eigenvalue weighted by atomic mass is 9.95. The van der Waals surface area contributed by atoms with Crippen molar-refractivity contribution in [2.45, 2.75) is 32.1 Å². The van der Waals surface area contributed by atoms with Gasteiger partial charge in [0.1, 0.15) is 11.9 Å². The van der Waals surface area contributed by atoms with Gasteiger partial charge in [0.05, 0.1) is 17.3 Å². The number of pyridine rings is 1. The molecular formula is C20H24N6O. The fourth-order valence-electron chi connectivity index (χ4n) is 3.99. The molecule has 2 aliphatic rings. The Bertz CT molecular complexity index is 896. The molecule has 1 saturated heterocycles. The topological polar surface area (TPSA) is 78.0 Å².